The summed E-state index contributed by atoms with van der Waals surface area (Å²) in [7, 11) is 0. The zero-order chi connectivity index (χ0) is 38.8. The van der Waals surface area contributed by atoms with Gasteiger partial charge in [-0.1, -0.05) is 178 Å². The summed E-state index contributed by atoms with van der Waals surface area (Å²) in [6.45, 7) is 4.68. The van der Waals surface area contributed by atoms with Crippen molar-refractivity contribution in [1.82, 2.24) is 0 Å². The second-order valence-electron chi connectivity index (χ2n) is 16.2. The topological polar surface area (TPSA) is 3.24 Å². The minimum absolute atomic E-state index is 0.00464. The van der Waals surface area contributed by atoms with Gasteiger partial charge >= 0.3 is 0 Å². The molecule has 274 valence electrons. The molecule has 10 aromatic carbocycles. The van der Waals surface area contributed by atoms with Gasteiger partial charge in [-0.15, -0.1) is 0 Å². The highest BCUT2D eigenvalue weighted by atomic mass is 15.1. The lowest BCUT2D eigenvalue weighted by Gasteiger charge is -2.26. The van der Waals surface area contributed by atoms with E-state index in [4.69, 9.17) is 0 Å². The molecule has 0 N–H and O–H groups in total. The van der Waals surface area contributed by atoms with Crippen LogP contribution >= 0.6 is 0 Å². The van der Waals surface area contributed by atoms with Crippen LogP contribution in [0.1, 0.15) is 25.0 Å². The highest BCUT2D eigenvalue weighted by Crippen LogP contribution is 2.49. The number of hydrogen-bond donors (Lipinski definition) is 0. The van der Waals surface area contributed by atoms with E-state index in [1.807, 2.05) is 0 Å². The zero-order valence-electron chi connectivity index (χ0n) is 32.7. The lowest BCUT2D eigenvalue weighted by Crippen LogP contribution is -2.14. The van der Waals surface area contributed by atoms with Crippen LogP contribution in [0.4, 0.5) is 17.1 Å². The van der Waals surface area contributed by atoms with Gasteiger partial charge in [-0.2, -0.15) is 0 Å². The van der Waals surface area contributed by atoms with Crippen molar-refractivity contribution in [3.63, 3.8) is 0 Å². The molecule has 58 heavy (non-hydrogen) atoms. The quantitative estimate of drug-likeness (QED) is 0.154. The van der Waals surface area contributed by atoms with E-state index in [1.54, 1.807) is 0 Å². The van der Waals surface area contributed by atoms with Gasteiger partial charge in [-0.3, -0.25) is 0 Å². The first-order chi connectivity index (χ1) is 28.5. The largest absolute Gasteiger partial charge is 0.310 e. The van der Waals surface area contributed by atoms with Gasteiger partial charge in [0.15, 0.2) is 0 Å². The maximum atomic E-state index is 2.39. The van der Waals surface area contributed by atoms with Crippen LogP contribution in [-0.4, -0.2) is 0 Å². The highest BCUT2D eigenvalue weighted by molar-refractivity contribution is 6.12. The third-order valence-corrected chi connectivity index (χ3v) is 12.5. The van der Waals surface area contributed by atoms with Crippen molar-refractivity contribution in [2.24, 2.45) is 0 Å². The van der Waals surface area contributed by atoms with E-state index < -0.39 is 0 Å². The number of nitrogens with zero attached hydrogens (tertiary/aromatic N) is 1. The molecular weight excluding hydrogens is 699 g/mol. The van der Waals surface area contributed by atoms with Crippen molar-refractivity contribution < 1.29 is 0 Å². The maximum Gasteiger partial charge on any atom is 0.0468 e. The Bertz CT molecular complexity index is 3170. The molecule has 1 nitrogen and oxygen atoms in total. The Hall–Kier alpha value is -7.22. The van der Waals surface area contributed by atoms with E-state index >= 15 is 0 Å². The van der Waals surface area contributed by atoms with Crippen LogP contribution in [0.5, 0.6) is 0 Å². The standard InChI is InChI=1S/C57H41N/c1-57(2)55-18-9-8-15-53(55)54-37-45(27-34-56(54)57)39-21-28-46(29-22-39)58(48-32-25-43-35-42(19-20-44(43)36-48)38-11-4-3-5-12-38)47-30-23-41(24-31-47)50-16-10-17-51-49-14-7-6-13-40(49)26-33-52(50)51/h3-37H,1-2H3. The number of rotatable bonds is 6. The van der Waals surface area contributed by atoms with Gasteiger partial charge in [0.2, 0.25) is 0 Å². The molecule has 0 atom stereocenters. The van der Waals surface area contributed by atoms with Gasteiger partial charge in [-0.25, -0.2) is 0 Å². The maximum absolute atomic E-state index is 2.39. The molecule has 0 saturated carbocycles. The molecule has 10 aromatic rings. The van der Waals surface area contributed by atoms with Crippen LogP contribution in [-0.2, 0) is 5.41 Å². The normalized spacial score (nSPS) is 12.8. The van der Waals surface area contributed by atoms with Crippen LogP contribution in [0.25, 0.3) is 76.8 Å². The molecule has 1 heteroatoms. The number of fused-ring (bicyclic) bond motifs is 7. The Morgan fingerprint density at radius 2 is 0.845 bits per heavy atom. The zero-order valence-corrected chi connectivity index (χ0v) is 32.7. The predicted octanol–water partition coefficient (Wildman–Crippen LogP) is 15.9. The van der Waals surface area contributed by atoms with Gasteiger partial charge in [-0.05, 0) is 136 Å². The van der Waals surface area contributed by atoms with Crippen molar-refractivity contribution in [1.29, 1.82) is 0 Å². The summed E-state index contributed by atoms with van der Waals surface area (Å²) in [5.74, 6) is 0. The molecule has 1 aliphatic rings. The molecule has 0 aromatic heterocycles. The first kappa shape index (κ1) is 34.1. The smallest absolute Gasteiger partial charge is 0.0468 e. The Balaban J connectivity index is 0.993. The molecule has 11 rings (SSSR count). The van der Waals surface area contributed by atoms with E-state index in [-0.39, 0.29) is 5.41 Å². The molecule has 0 fully saturated rings. The average Bonchev–Trinajstić information content (AvgIpc) is 3.52. The minimum atomic E-state index is -0.00464. The van der Waals surface area contributed by atoms with Crippen LogP contribution < -0.4 is 4.90 Å². The summed E-state index contributed by atoms with van der Waals surface area (Å²) >= 11 is 0. The minimum Gasteiger partial charge on any atom is -0.310 e. The van der Waals surface area contributed by atoms with Crippen LogP contribution in [0.3, 0.4) is 0 Å². The highest BCUT2D eigenvalue weighted by Gasteiger charge is 2.35. The second-order valence-corrected chi connectivity index (χ2v) is 16.2. The summed E-state index contributed by atoms with van der Waals surface area (Å²) in [4.78, 5) is 2.39. The summed E-state index contributed by atoms with van der Waals surface area (Å²) in [6, 6.07) is 78.2. The van der Waals surface area contributed by atoms with Gasteiger partial charge in [0, 0.05) is 22.5 Å². The Morgan fingerprint density at radius 1 is 0.293 bits per heavy atom. The number of hydrogen-bond acceptors (Lipinski definition) is 1. The predicted molar refractivity (Wildman–Crippen MR) is 248 cm³/mol. The van der Waals surface area contributed by atoms with E-state index in [2.05, 4.69) is 231 Å². The van der Waals surface area contributed by atoms with Gasteiger partial charge in [0.1, 0.15) is 0 Å². The van der Waals surface area contributed by atoms with Crippen molar-refractivity contribution >= 4 is 49.4 Å². The fourth-order valence-corrected chi connectivity index (χ4v) is 9.41. The Morgan fingerprint density at radius 3 is 1.67 bits per heavy atom. The molecule has 0 aliphatic heterocycles. The summed E-state index contributed by atoms with van der Waals surface area (Å²) < 4.78 is 0. The van der Waals surface area contributed by atoms with E-state index in [0.29, 0.717) is 0 Å². The van der Waals surface area contributed by atoms with Crippen molar-refractivity contribution in [2.75, 3.05) is 4.90 Å². The molecule has 0 unspecified atom stereocenters. The Labute approximate surface area is 340 Å². The Kier molecular flexibility index (Phi) is 7.91. The fraction of sp³-hybridized carbons (Fsp3) is 0.0526. The SMILES string of the molecule is CC1(C)c2ccccc2-c2cc(-c3ccc(N(c4ccc(-c5cccc6c5ccc5ccccc56)cc4)c4ccc5cc(-c6ccccc6)ccc5c4)cc3)ccc21. The monoisotopic (exact) mass is 739 g/mol. The molecule has 0 amide bonds. The molecule has 0 heterocycles. The summed E-state index contributed by atoms with van der Waals surface area (Å²) in [6.07, 6.45) is 0. The molecule has 0 radical (unpaired) electrons. The lowest BCUT2D eigenvalue weighted by atomic mass is 9.82. The first-order valence-corrected chi connectivity index (χ1v) is 20.2. The molecule has 0 spiro atoms. The van der Waals surface area contributed by atoms with Crippen molar-refractivity contribution in [3.8, 4) is 44.5 Å². The third kappa shape index (κ3) is 5.62. The average molecular weight is 740 g/mol. The molecule has 0 saturated heterocycles. The molecule has 0 bridgehead atoms. The van der Waals surface area contributed by atoms with E-state index in [1.165, 1.54) is 88.0 Å². The van der Waals surface area contributed by atoms with E-state index in [0.717, 1.165) is 17.1 Å². The van der Waals surface area contributed by atoms with Crippen LogP contribution in [0, 0.1) is 0 Å². The van der Waals surface area contributed by atoms with Gasteiger partial charge < -0.3 is 4.90 Å². The number of benzene rings is 10. The van der Waals surface area contributed by atoms with Crippen molar-refractivity contribution in [2.45, 2.75) is 19.3 Å². The molecular formula is C57H41N. The summed E-state index contributed by atoms with van der Waals surface area (Å²) in [5.41, 5.74) is 16.2. The molecule has 1 aliphatic carbocycles. The lowest BCUT2D eigenvalue weighted by molar-refractivity contribution is 0.660. The number of anilines is 3. The van der Waals surface area contributed by atoms with Gasteiger partial charge in [0.25, 0.3) is 0 Å². The van der Waals surface area contributed by atoms with Crippen LogP contribution in [0.2, 0.25) is 0 Å². The third-order valence-electron chi connectivity index (χ3n) is 12.5. The summed E-state index contributed by atoms with van der Waals surface area (Å²) in [5, 5.41) is 7.53. The second kappa shape index (κ2) is 13.5. The first-order valence-electron chi connectivity index (χ1n) is 20.2. The van der Waals surface area contributed by atoms with Gasteiger partial charge in [0.05, 0.1) is 0 Å². The van der Waals surface area contributed by atoms with Crippen molar-refractivity contribution in [3.05, 3.63) is 223 Å². The van der Waals surface area contributed by atoms with Crippen LogP contribution in [0.15, 0.2) is 212 Å². The fourth-order valence-electron chi connectivity index (χ4n) is 9.41. The van der Waals surface area contributed by atoms with E-state index in [9.17, 15) is 0 Å².